The minimum Gasteiger partial charge on any atom is -0.480 e. The van der Waals surface area contributed by atoms with Crippen LogP contribution in [0.15, 0.2) is 24.3 Å². The van der Waals surface area contributed by atoms with Crippen LogP contribution < -0.4 is 0 Å². The lowest BCUT2D eigenvalue weighted by atomic mass is 10.1. The number of methoxy groups -OCH3 is 1. The Morgan fingerprint density at radius 1 is 1.30 bits per heavy atom. The van der Waals surface area contributed by atoms with Crippen molar-refractivity contribution in [1.82, 2.24) is 4.90 Å². The van der Waals surface area contributed by atoms with E-state index < -0.39 is 5.97 Å². The molecule has 4 nitrogen and oxygen atoms in total. The quantitative estimate of drug-likeness (QED) is 0.832. The molecule has 0 unspecified atom stereocenters. The fourth-order valence-electron chi connectivity index (χ4n) is 2.98. The van der Waals surface area contributed by atoms with Crippen molar-refractivity contribution in [3.05, 3.63) is 35.4 Å². The van der Waals surface area contributed by atoms with E-state index >= 15 is 0 Å². The third-order valence-corrected chi connectivity index (χ3v) is 3.97. The molecule has 0 amide bonds. The zero-order chi connectivity index (χ0) is 14.4. The lowest BCUT2D eigenvalue weighted by Gasteiger charge is -2.28. The summed E-state index contributed by atoms with van der Waals surface area (Å²) in [6, 6.07) is 8.52. The first-order chi connectivity index (χ1) is 9.70. The molecule has 0 heterocycles. The Labute approximate surface area is 120 Å². The van der Waals surface area contributed by atoms with Crippen molar-refractivity contribution in [2.75, 3.05) is 13.7 Å². The van der Waals surface area contributed by atoms with Crippen LogP contribution in [-0.4, -0.2) is 35.7 Å². The molecular weight excluding hydrogens is 254 g/mol. The zero-order valence-electron chi connectivity index (χ0n) is 12.0. The molecule has 0 radical (unpaired) electrons. The molecule has 1 fully saturated rings. The van der Waals surface area contributed by atoms with Gasteiger partial charge in [-0.15, -0.1) is 0 Å². The Balaban J connectivity index is 2.11. The van der Waals surface area contributed by atoms with Gasteiger partial charge in [-0.1, -0.05) is 37.1 Å². The van der Waals surface area contributed by atoms with Crippen molar-refractivity contribution in [2.45, 2.75) is 44.9 Å². The fourth-order valence-corrected chi connectivity index (χ4v) is 2.98. The smallest absolute Gasteiger partial charge is 0.317 e. The Morgan fingerprint density at radius 2 is 1.95 bits per heavy atom. The second-order valence-corrected chi connectivity index (χ2v) is 5.44. The second kappa shape index (κ2) is 7.41. The Hall–Kier alpha value is -1.39. The predicted octanol–water partition coefficient (Wildman–Crippen LogP) is 2.66. The number of hydrogen-bond acceptors (Lipinski definition) is 3. The monoisotopic (exact) mass is 277 g/mol. The Morgan fingerprint density at radius 3 is 2.55 bits per heavy atom. The summed E-state index contributed by atoms with van der Waals surface area (Å²) in [5.41, 5.74) is 2.31. The molecule has 0 bridgehead atoms. The minimum atomic E-state index is -0.749. The van der Waals surface area contributed by atoms with Gasteiger partial charge in [0.1, 0.15) is 0 Å². The molecule has 1 N–H and O–H groups in total. The fraction of sp³-hybridized carbons (Fsp3) is 0.562. The highest BCUT2D eigenvalue weighted by atomic mass is 16.5. The summed E-state index contributed by atoms with van der Waals surface area (Å²) in [7, 11) is 1.68. The summed E-state index contributed by atoms with van der Waals surface area (Å²) >= 11 is 0. The molecule has 2 rings (SSSR count). The topological polar surface area (TPSA) is 49.8 Å². The highest BCUT2D eigenvalue weighted by molar-refractivity contribution is 5.69. The largest absolute Gasteiger partial charge is 0.480 e. The molecule has 4 heteroatoms. The summed E-state index contributed by atoms with van der Waals surface area (Å²) < 4.78 is 5.22. The second-order valence-electron chi connectivity index (χ2n) is 5.44. The van der Waals surface area contributed by atoms with Gasteiger partial charge >= 0.3 is 5.97 Å². The molecule has 0 aromatic heterocycles. The van der Waals surface area contributed by atoms with Gasteiger partial charge in [0.25, 0.3) is 0 Å². The number of aliphatic carboxylic acids is 1. The van der Waals surface area contributed by atoms with Crippen LogP contribution in [0.25, 0.3) is 0 Å². The normalized spacial score (nSPS) is 15.9. The van der Waals surface area contributed by atoms with Crippen LogP contribution in [0.3, 0.4) is 0 Å². The van der Waals surface area contributed by atoms with Crippen LogP contribution in [0.2, 0.25) is 0 Å². The van der Waals surface area contributed by atoms with Gasteiger partial charge in [-0.2, -0.15) is 0 Å². The Bertz CT molecular complexity index is 441. The highest BCUT2D eigenvalue weighted by Crippen LogP contribution is 2.25. The molecule has 1 aromatic carbocycles. The molecule has 0 spiro atoms. The molecule has 1 saturated carbocycles. The minimum absolute atomic E-state index is 0.117. The number of ether oxygens (including phenoxy) is 1. The first-order valence-corrected chi connectivity index (χ1v) is 7.22. The van der Waals surface area contributed by atoms with E-state index in [4.69, 9.17) is 9.84 Å². The van der Waals surface area contributed by atoms with Crippen molar-refractivity contribution in [1.29, 1.82) is 0 Å². The van der Waals surface area contributed by atoms with E-state index in [0.29, 0.717) is 19.2 Å². The number of hydrogen-bond donors (Lipinski definition) is 1. The maximum absolute atomic E-state index is 11.1. The lowest BCUT2D eigenvalue weighted by molar-refractivity contribution is -0.139. The number of carbonyl (C=O) groups is 1. The standard InChI is InChI=1S/C16H23NO3/c1-20-12-14-7-3-2-6-13(14)10-17(11-16(18)19)15-8-4-5-9-15/h2-3,6-7,15H,4-5,8-12H2,1H3,(H,18,19). The van der Waals surface area contributed by atoms with Gasteiger partial charge in [0.2, 0.25) is 0 Å². The van der Waals surface area contributed by atoms with Gasteiger partial charge in [0.05, 0.1) is 13.2 Å². The molecule has 1 aliphatic carbocycles. The average molecular weight is 277 g/mol. The van der Waals surface area contributed by atoms with E-state index in [2.05, 4.69) is 11.0 Å². The van der Waals surface area contributed by atoms with Crippen molar-refractivity contribution in [2.24, 2.45) is 0 Å². The van der Waals surface area contributed by atoms with Crippen LogP contribution in [-0.2, 0) is 22.7 Å². The van der Waals surface area contributed by atoms with Gasteiger partial charge in [-0.05, 0) is 24.0 Å². The van der Waals surface area contributed by atoms with E-state index in [1.807, 2.05) is 18.2 Å². The van der Waals surface area contributed by atoms with Gasteiger partial charge in [-0.3, -0.25) is 9.69 Å². The SMILES string of the molecule is COCc1ccccc1CN(CC(=O)O)C1CCCC1. The maximum Gasteiger partial charge on any atom is 0.317 e. The van der Waals surface area contributed by atoms with Crippen molar-refractivity contribution in [3.63, 3.8) is 0 Å². The number of benzene rings is 1. The van der Waals surface area contributed by atoms with Crippen LogP contribution >= 0.6 is 0 Å². The van der Waals surface area contributed by atoms with Crippen LogP contribution in [0.5, 0.6) is 0 Å². The maximum atomic E-state index is 11.1. The summed E-state index contributed by atoms with van der Waals surface area (Å²) in [4.78, 5) is 13.2. The summed E-state index contributed by atoms with van der Waals surface area (Å²) in [6.07, 6.45) is 4.64. The molecule has 0 saturated heterocycles. The number of rotatable bonds is 7. The van der Waals surface area contributed by atoms with Gasteiger partial charge in [-0.25, -0.2) is 0 Å². The van der Waals surface area contributed by atoms with Crippen LogP contribution in [0.4, 0.5) is 0 Å². The van der Waals surface area contributed by atoms with E-state index in [-0.39, 0.29) is 6.54 Å². The molecule has 1 aliphatic rings. The van der Waals surface area contributed by atoms with E-state index in [1.165, 1.54) is 18.4 Å². The van der Waals surface area contributed by atoms with Crippen LogP contribution in [0.1, 0.15) is 36.8 Å². The Kier molecular flexibility index (Phi) is 5.56. The first-order valence-electron chi connectivity index (χ1n) is 7.22. The summed E-state index contributed by atoms with van der Waals surface area (Å²) in [6.45, 7) is 1.38. The number of nitrogens with zero attached hydrogens (tertiary/aromatic N) is 1. The third kappa shape index (κ3) is 4.05. The first kappa shape index (κ1) is 15.0. The van der Waals surface area contributed by atoms with Crippen molar-refractivity contribution >= 4 is 5.97 Å². The van der Waals surface area contributed by atoms with Crippen molar-refractivity contribution < 1.29 is 14.6 Å². The molecular formula is C16H23NO3. The van der Waals surface area contributed by atoms with Gasteiger partial charge < -0.3 is 9.84 Å². The number of carboxylic acids is 1. The molecule has 1 aromatic rings. The zero-order valence-corrected chi connectivity index (χ0v) is 12.0. The number of carboxylic acid groups (broad SMARTS) is 1. The van der Waals surface area contributed by atoms with E-state index in [0.717, 1.165) is 18.4 Å². The van der Waals surface area contributed by atoms with Crippen LogP contribution in [0, 0.1) is 0 Å². The van der Waals surface area contributed by atoms with Gasteiger partial charge in [0, 0.05) is 19.7 Å². The summed E-state index contributed by atoms with van der Waals surface area (Å²) in [5, 5.41) is 9.13. The molecule has 110 valence electrons. The van der Waals surface area contributed by atoms with E-state index in [1.54, 1.807) is 7.11 Å². The average Bonchev–Trinajstić information content (AvgIpc) is 2.94. The highest BCUT2D eigenvalue weighted by Gasteiger charge is 2.24. The predicted molar refractivity (Wildman–Crippen MR) is 77.5 cm³/mol. The lowest BCUT2D eigenvalue weighted by Crippen LogP contribution is -2.37. The van der Waals surface area contributed by atoms with E-state index in [9.17, 15) is 4.79 Å². The molecule has 20 heavy (non-hydrogen) atoms. The molecule has 0 atom stereocenters. The van der Waals surface area contributed by atoms with Crippen molar-refractivity contribution in [3.8, 4) is 0 Å². The molecule has 0 aliphatic heterocycles. The third-order valence-electron chi connectivity index (χ3n) is 3.97. The van der Waals surface area contributed by atoms with Gasteiger partial charge in [0.15, 0.2) is 0 Å². The summed E-state index contributed by atoms with van der Waals surface area (Å²) in [5.74, 6) is -0.749.